The highest BCUT2D eigenvalue weighted by atomic mass is 16.6. The zero-order chi connectivity index (χ0) is 90.9. The number of aliphatic hydroxyl groups is 2. The average molecular weight is 1780 g/mol. The summed E-state index contributed by atoms with van der Waals surface area (Å²) in [5, 5.41) is 32.1. The normalized spacial score (nSPS) is 25.7. The van der Waals surface area contributed by atoms with E-state index in [1.165, 1.54) is 23.9 Å². The maximum absolute atomic E-state index is 14.8. The molecule has 15 atom stereocenters. The molecule has 10 rings (SSSR count). The van der Waals surface area contributed by atoms with Crippen molar-refractivity contribution in [2.24, 2.45) is 35.5 Å². The van der Waals surface area contributed by atoms with E-state index in [1.807, 2.05) is 72.9 Å². The lowest BCUT2D eigenvalue weighted by molar-refractivity contribution is -0.265. The lowest BCUT2D eigenvalue weighted by atomic mass is 9.78. The predicted octanol–water partition coefficient (Wildman–Crippen LogP) is 9.18. The van der Waals surface area contributed by atoms with E-state index in [9.17, 15) is 43.8 Å². The Bertz CT molecular complexity index is 4510. The number of aromatic nitrogens is 5. The minimum atomic E-state index is -2.48. The number of nitrogens with zero attached hydrogens (tertiary/aromatic N) is 7. The Balaban J connectivity index is 0.552. The molecule has 34 heteroatoms. The number of carbonyl (C=O) groups excluding carboxylic acids is 7. The first-order chi connectivity index (χ1) is 61.3. The molecule has 1 aliphatic carbocycles. The second kappa shape index (κ2) is 50.9. The molecule has 2 aromatic carbocycles. The average Bonchev–Trinajstić information content (AvgIpc) is 1.71. The van der Waals surface area contributed by atoms with E-state index in [0.717, 1.165) is 28.7 Å². The van der Waals surface area contributed by atoms with Crippen LogP contribution in [0.4, 0.5) is 16.6 Å². The van der Waals surface area contributed by atoms with Crippen molar-refractivity contribution in [3.05, 3.63) is 107 Å². The molecular weight excluding hydrogens is 1640 g/mol. The van der Waals surface area contributed by atoms with E-state index in [0.29, 0.717) is 216 Å². The molecule has 7 heterocycles. The van der Waals surface area contributed by atoms with Gasteiger partial charge in [-0.15, -0.1) is 0 Å². The van der Waals surface area contributed by atoms with Crippen LogP contribution in [0.2, 0.25) is 0 Å². The monoisotopic (exact) mass is 1770 g/mol. The summed E-state index contributed by atoms with van der Waals surface area (Å²) in [6.45, 7) is 20.2. The molecule has 15 unspecified atom stereocenters. The lowest BCUT2D eigenvalue weighted by Crippen LogP contribution is -2.61. The van der Waals surface area contributed by atoms with Crippen molar-refractivity contribution in [3.63, 3.8) is 0 Å². The van der Waals surface area contributed by atoms with Crippen LogP contribution in [0.3, 0.4) is 0 Å². The van der Waals surface area contributed by atoms with Gasteiger partial charge in [-0.05, 0) is 148 Å². The van der Waals surface area contributed by atoms with Gasteiger partial charge >= 0.3 is 12.1 Å². The van der Waals surface area contributed by atoms with Crippen LogP contribution in [-0.2, 0) is 115 Å². The molecule has 0 radical (unpaired) electrons. The molecule has 127 heavy (non-hydrogen) atoms. The number of ketones is 3. The zero-order valence-electron chi connectivity index (χ0n) is 75.5. The number of carbonyl (C=O) groups is 7. The summed E-state index contributed by atoms with van der Waals surface area (Å²) < 4.78 is 88.3. The highest BCUT2D eigenvalue weighted by Crippen LogP contribution is 2.40. The highest BCUT2D eigenvalue weighted by Gasteiger charge is 2.53. The minimum Gasteiger partial charge on any atom is -0.460 e. The number of Topliss-reactive ketones (excluding diaryl/α,β-unsaturated/α-hetero) is 3. The third-order valence-electron chi connectivity index (χ3n) is 24.5. The second-order valence-corrected chi connectivity index (χ2v) is 33.9. The van der Waals surface area contributed by atoms with Gasteiger partial charge in [0.25, 0.3) is 17.7 Å². The fourth-order valence-electron chi connectivity index (χ4n) is 17.1. The Morgan fingerprint density at radius 1 is 0.709 bits per heavy atom. The molecule has 700 valence electrons. The van der Waals surface area contributed by atoms with Gasteiger partial charge in [0, 0.05) is 83.7 Å². The summed E-state index contributed by atoms with van der Waals surface area (Å²) in [6.07, 6.45) is 11.8. The Morgan fingerprint density at radius 3 is 2.06 bits per heavy atom. The lowest BCUT2D eigenvalue weighted by Gasteiger charge is -2.42. The number of piperidine rings is 1. The predicted molar refractivity (Wildman–Crippen MR) is 470 cm³/mol. The summed E-state index contributed by atoms with van der Waals surface area (Å²) in [4.78, 5) is 115. The molecule has 5 aliphatic rings. The van der Waals surface area contributed by atoms with Crippen LogP contribution in [-0.4, -0.2) is 287 Å². The number of benzene rings is 2. The maximum Gasteiger partial charge on any atom is 0.407 e. The number of ether oxygens (including phenoxy) is 14. The molecule has 4 aliphatic heterocycles. The van der Waals surface area contributed by atoms with Gasteiger partial charge in [-0.3, -0.25) is 24.0 Å². The summed E-state index contributed by atoms with van der Waals surface area (Å²) in [7, 11) is 4.49. The smallest absolute Gasteiger partial charge is 0.407 e. The van der Waals surface area contributed by atoms with Crippen molar-refractivity contribution in [2.45, 2.75) is 206 Å². The van der Waals surface area contributed by atoms with Crippen molar-refractivity contribution in [3.8, 4) is 11.3 Å². The summed E-state index contributed by atoms with van der Waals surface area (Å²) in [6, 6.07) is 10.7. The maximum atomic E-state index is 14.8. The molecule has 3 fully saturated rings. The number of methoxy groups -OCH3 is 3. The second-order valence-electron chi connectivity index (χ2n) is 33.9. The van der Waals surface area contributed by atoms with Crippen molar-refractivity contribution < 1.29 is 115 Å². The third kappa shape index (κ3) is 29.3. The number of nitrogens with two attached hydrogens (primary N) is 2. The number of hydrogen-bond donors (Lipinski definition) is 5. The van der Waals surface area contributed by atoms with E-state index < -0.39 is 102 Å². The number of oxazole rings is 1. The van der Waals surface area contributed by atoms with Gasteiger partial charge in [0.15, 0.2) is 17.0 Å². The van der Waals surface area contributed by atoms with Crippen molar-refractivity contribution in [2.75, 3.05) is 158 Å². The van der Waals surface area contributed by atoms with Gasteiger partial charge < -0.3 is 108 Å². The number of fused-ring (bicyclic) bond motifs is 6. The number of rotatable bonds is 37. The molecule has 34 nitrogen and oxygen atoms in total. The van der Waals surface area contributed by atoms with Crippen LogP contribution < -0.4 is 16.8 Å². The third-order valence-corrected chi connectivity index (χ3v) is 24.5. The fraction of sp³-hybridized carbons (Fsp3) is 0.645. The number of hydrogen-bond acceptors (Lipinski definition) is 30. The Morgan fingerprint density at radius 2 is 1.39 bits per heavy atom. The topological polar surface area (TPSA) is 429 Å². The SMILES string of the molecule is COC1CC2CCC(C)C(O)(O2)C(=O)C(=O)N2CCCCC2C(=O)OC(C(C)CC2CCC(OC(=O)NCCOCCOCCOCCOCCOCCOCCOCCOCCC(=O)N3CCc4cc(Cn5nc(-c6ccc7oc(N)nc7c6)c6c(N)ncnc65)ccc4C3)C(OC)C2)CC(=O)C(C)C=C(C)C(O)C(OC)C(=O)C(C)CC(C)C=CC=CC=C1C. The standard InChI is InChI=1S/C93H134N10O24/c1-59-16-12-11-13-17-60(2)77(113-8)54-71-24-19-65(7)93(112,127-71)86(108)89(109)102-30-15-14-18-73(102)90(110)124-78(55-74(104)61(3)49-64(6)84(107)85(115-10)83(106)63(5)48-59)62(4)50-66-21-25-76(79(52-66)114-9)126-92(111)96-29-33-117-35-37-119-39-41-121-43-45-123-47-46-122-44-42-120-40-38-118-36-34-116-32-28-80(105)101-31-27-68-51-67(20-22-70(68)57-101)56-103-88-81(87(94)97-58-98-88)82(100-103)69-23-26-75-72(53-69)99-91(95)125-75/h11-13,16-17,20,22-23,26,49,51,53,58-59,61-63,65-66,71,73,76-79,84-85,107,112H,14-15,18-19,21,24-25,27-48,50,52,54-57H2,1-10H3,(H2,95,99)(H,96,111)(H2,94,97,98). The summed E-state index contributed by atoms with van der Waals surface area (Å²) in [5.74, 6) is -8.31. The number of anilines is 2. The zero-order valence-corrected chi connectivity index (χ0v) is 75.5. The number of allylic oxidation sites excluding steroid dienone is 6. The van der Waals surface area contributed by atoms with Crippen molar-refractivity contribution in [1.82, 2.24) is 39.8 Å². The molecule has 3 amide bonds. The number of nitrogens with one attached hydrogen (secondary N) is 1. The number of amides is 3. The van der Waals surface area contributed by atoms with Crippen LogP contribution in [0.5, 0.6) is 0 Å². The van der Waals surface area contributed by atoms with E-state index in [4.69, 9.17) is 87.3 Å². The highest BCUT2D eigenvalue weighted by molar-refractivity contribution is 6.39. The van der Waals surface area contributed by atoms with E-state index in [1.54, 1.807) is 54.1 Å². The Hall–Kier alpha value is -8.85. The van der Waals surface area contributed by atoms with Crippen LogP contribution in [0.15, 0.2) is 94.7 Å². The van der Waals surface area contributed by atoms with Gasteiger partial charge in [0.05, 0.1) is 142 Å². The summed E-state index contributed by atoms with van der Waals surface area (Å²) >= 11 is 0. The van der Waals surface area contributed by atoms with Gasteiger partial charge in [0.1, 0.15) is 59.6 Å². The number of cyclic esters (lactones) is 1. The minimum absolute atomic E-state index is 0.0193. The quantitative estimate of drug-likeness (QED) is 0.0107. The number of nitrogen functional groups attached to an aromatic ring is 2. The first-order valence-electron chi connectivity index (χ1n) is 44.8. The van der Waals surface area contributed by atoms with Crippen LogP contribution in [0, 0.1) is 35.5 Å². The first-order valence-corrected chi connectivity index (χ1v) is 44.8. The summed E-state index contributed by atoms with van der Waals surface area (Å²) in [5.41, 5.74) is 19.9. The number of aliphatic hydroxyl groups excluding tert-OH is 1. The molecule has 2 bridgehead atoms. The number of esters is 1. The number of alkyl carbamates (subject to hydrolysis) is 1. The molecule has 1 saturated carbocycles. The molecular formula is C93H134N10O24. The molecule has 5 aromatic rings. The molecule has 3 aromatic heterocycles. The van der Waals surface area contributed by atoms with Gasteiger partial charge in [-0.2, -0.15) is 10.1 Å². The van der Waals surface area contributed by atoms with Crippen LogP contribution >= 0.6 is 0 Å². The molecule has 7 N–H and O–H groups in total. The van der Waals surface area contributed by atoms with E-state index in [-0.39, 0.29) is 80.7 Å². The van der Waals surface area contributed by atoms with E-state index in [2.05, 4.69) is 38.5 Å². The van der Waals surface area contributed by atoms with Gasteiger partial charge in [0.2, 0.25) is 11.7 Å². The van der Waals surface area contributed by atoms with Crippen LogP contribution in [0.25, 0.3) is 33.4 Å². The molecule has 0 spiro atoms. The van der Waals surface area contributed by atoms with Gasteiger partial charge in [-0.25, -0.2) is 24.2 Å². The fourth-order valence-corrected chi connectivity index (χ4v) is 17.1. The van der Waals surface area contributed by atoms with Crippen molar-refractivity contribution >= 4 is 75.2 Å². The van der Waals surface area contributed by atoms with E-state index >= 15 is 0 Å². The molecule has 2 saturated heterocycles. The first kappa shape index (κ1) is 100. The Labute approximate surface area is 744 Å². The largest absolute Gasteiger partial charge is 0.460 e. The van der Waals surface area contributed by atoms with Crippen molar-refractivity contribution in [1.29, 1.82) is 0 Å². The Kier molecular flexibility index (Phi) is 40.2. The van der Waals surface area contributed by atoms with Crippen LogP contribution in [0.1, 0.15) is 149 Å². The van der Waals surface area contributed by atoms with Gasteiger partial charge in [-0.1, -0.05) is 89.3 Å².